The molecule has 36 heavy (non-hydrogen) atoms. The summed E-state index contributed by atoms with van der Waals surface area (Å²) in [5.74, 6) is -0.424. The molecule has 0 radical (unpaired) electrons. The molecular formula is C28H26O6S2. The molecule has 0 unspecified atom stereocenters. The first-order valence-corrected chi connectivity index (χ1v) is 14.2. The third-order valence-corrected chi connectivity index (χ3v) is 8.01. The molecule has 4 rings (SSSR count). The zero-order valence-electron chi connectivity index (χ0n) is 19.7. The van der Waals surface area contributed by atoms with Crippen LogP contribution in [0.4, 0.5) is 0 Å². The average molecular weight is 523 g/mol. The molecule has 6 nitrogen and oxygen atoms in total. The topological polar surface area (TPSA) is 86.7 Å². The van der Waals surface area contributed by atoms with Crippen molar-refractivity contribution >= 4 is 20.2 Å². The van der Waals surface area contributed by atoms with Crippen molar-refractivity contribution in [1.29, 1.82) is 0 Å². The summed E-state index contributed by atoms with van der Waals surface area (Å²) in [4.78, 5) is -0.0880. The number of hydrogen-bond donors (Lipinski definition) is 0. The molecule has 186 valence electrons. The number of benzene rings is 4. The average Bonchev–Trinajstić information content (AvgIpc) is 2.87. The maximum absolute atomic E-state index is 13.0. The van der Waals surface area contributed by atoms with Crippen LogP contribution in [0.2, 0.25) is 0 Å². The Morgan fingerprint density at radius 1 is 0.556 bits per heavy atom. The first-order chi connectivity index (χ1) is 17.2. The van der Waals surface area contributed by atoms with Gasteiger partial charge in [0.05, 0.1) is 0 Å². The van der Waals surface area contributed by atoms with Crippen molar-refractivity contribution in [2.75, 3.05) is 0 Å². The Morgan fingerprint density at radius 3 is 1.67 bits per heavy atom. The molecule has 0 heterocycles. The van der Waals surface area contributed by atoms with Gasteiger partial charge >= 0.3 is 20.2 Å². The summed E-state index contributed by atoms with van der Waals surface area (Å²) in [6, 6.07) is 28.7. The second-order valence-corrected chi connectivity index (χ2v) is 11.4. The number of rotatable bonds is 10. The van der Waals surface area contributed by atoms with Crippen molar-refractivity contribution in [3.8, 4) is 11.5 Å². The standard InChI is InChI=1S/C28H26O6S2/c1-22-15-20-27(33-35(29,30)25-13-6-3-7-14-25)28(21-22)34-36(31,32)26-18-16-24(17-19-26)12-8-11-23-9-4-2-5-10-23/h2-7,9-10,13-21H,8,11-12H2,1H3. The van der Waals surface area contributed by atoms with Crippen LogP contribution >= 0.6 is 0 Å². The minimum atomic E-state index is -4.23. The van der Waals surface area contributed by atoms with E-state index in [4.69, 9.17) is 8.37 Å². The molecular weight excluding hydrogens is 496 g/mol. The van der Waals surface area contributed by atoms with Crippen molar-refractivity contribution in [3.63, 3.8) is 0 Å². The van der Waals surface area contributed by atoms with Gasteiger partial charge < -0.3 is 8.37 Å². The van der Waals surface area contributed by atoms with E-state index in [0.717, 1.165) is 24.8 Å². The van der Waals surface area contributed by atoms with Crippen LogP contribution in [0.1, 0.15) is 23.1 Å². The van der Waals surface area contributed by atoms with Gasteiger partial charge in [0.25, 0.3) is 0 Å². The molecule has 0 aromatic heterocycles. The van der Waals surface area contributed by atoms with E-state index < -0.39 is 20.2 Å². The fourth-order valence-electron chi connectivity index (χ4n) is 3.63. The summed E-state index contributed by atoms with van der Waals surface area (Å²) in [5.41, 5.74) is 2.95. The van der Waals surface area contributed by atoms with Crippen LogP contribution in [0.25, 0.3) is 0 Å². The predicted octanol–water partition coefficient (Wildman–Crippen LogP) is 5.71. The smallest absolute Gasteiger partial charge is 0.339 e. The molecule has 0 atom stereocenters. The molecule has 0 N–H and O–H groups in total. The van der Waals surface area contributed by atoms with E-state index in [1.54, 1.807) is 43.3 Å². The summed E-state index contributed by atoms with van der Waals surface area (Å²) in [5, 5.41) is 0. The summed E-state index contributed by atoms with van der Waals surface area (Å²) in [7, 11) is -8.41. The molecule has 4 aromatic rings. The molecule has 0 saturated heterocycles. The van der Waals surface area contributed by atoms with Crippen LogP contribution < -0.4 is 8.37 Å². The minimum absolute atomic E-state index is 0.0346. The lowest BCUT2D eigenvalue weighted by atomic mass is 10.0. The summed E-state index contributed by atoms with van der Waals surface area (Å²) in [6.07, 6.45) is 2.68. The van der Waals surface area contributed by atoms with Gasteiger partial charge in [-0.3, -0.25) is 0 Å². The molecule has 0 spiro atoms. The van der Waals surface area contributed by atoms with E-state index in [9.17, 15) is 16.8 Å². The highest BCUT2D eigenvalue weighted by molar-refractivity contribution is 7.87. The van der Waals surface area contributed by atoms with Gasteiger partial charge in [-0.1, -0.05) is 66.7 Å². The first-order valence-electron chi connectivity index (χ1n) is 11.4. The Kier molecular flexibility index (Phi) is 7.76. The van der Waals surface area contributed by atoms with Gasteiger partial charge in [-0.05, 0) is 79.3 Å². The fraction of sp³-hybridized carbons (Fsp3) is 0.143. The molecule has 0 fully saturated rings. The Morgan fingerprint density at radius 2 is 1.06 bits per heavy atom. The Hall–Kier alpha value is -3.62. The summed E-state index contributed by atoms with van der Waals surface area (Å²) in [6.45, 7) is 1.74. The summed E-state index contributed by atoms with van der Waals surface area (Å²) >= 11 is 0. The maximum atomic E-state index is 13.0. The lowest BCUT2D eigenvalue weighted by Gasteiger charge is -2.13. The van der Waals surface area contributed by atoms with Crippen LogP contribution in [-0.4, -0.2) is 16.8 Å². The summed E-state index contributed by atoms with van der Waals surface area (Å²) < 4.78 is 61.9. The molecule has 0 aliphatic carbocycles. The minimum Gasteiger partial charge on any atom is -0.375 e. The van der Waals surface area contributed by atoms with Crippen LogP contribution in [0.15, 0.2) is 113 Å². The van der Waals surface area contributed by atoms with Crippen molar-refractivity contribution in [1.82, 2.24) is 0 Å². The molecule has 0 bridgehead atoms. The first kappa shape index (κ1) is 25.5. The SMILES string of the molecule is Cc1ccc(OS(=O)(=O)c2ccccc2)c(OS(=O)(=O)c2ccc(CCCc3ccccc3)cc2)c1. The highest BCUT2D eigenvalue weighted by Crippen LogP contribution is 2.33. The fourth-order valence-corrected chi connectivity index (χ4v) is 5.53. The van der Waals surface area contributed by atoms with Gasteiger partial charge in [-0.25, -0.2) is 0 Å². The lowest BCUT2D eigenvalue weighted by Crippen LogP contribution is -2.14. The largest absolute Gasteiger partial charge is 0.375 e. The van der Waals surface area contributed by atoms with Crippen molar-refractivity contribution in [2.45, 2.75) is 36.0 Å². The van der Waals surface area contributed by atoms with Crippen LogP contribution in [0, 0.1) is 6.92 Å². The number of aryl methyl sites for hydroxylation is 3. The van der Waals surface area contributed by atoms with Gasteiger partial charge in [-0.15, -0.1) is 0 Å². The third-order valence-electron chi connectivity index (χ3n) is 5.52. The van der Waals surface area contributed by atoms with E-state index in [1.165, 1.54) is 42.0 Å². The van der Waals surface area contributed by atoms with Gasteiger partial charge in [-0.2, -0.15) is 16.8 Å². The van der Waals surface area contributed by atoms with Crippen molar-refractivity contribution < 1.29 is 25.2 Å². The van der Waals surface area contributed by atoms with Gasteiger partial charge in [0.2, 0.25) is 0 Å². The monoisotopic (exact) mass is 522 g/mol. The van der Waals surface area contributed by atoms with Crippen molar-refractivity contribution in [3.05, 3.63) is 120 Å². The highest BCUT2D eigenvalue weighted by atomic mass is 32.2. The van der Waals surface area contributed by atoms with Crippen LogP contribution in [-0.2, 0) is 33.1 Å². The zero-order valence-corrected chi connectivity index (χ0v) is 21.3. The van der Waals surface area contributed by atoms with Crippen molar-refractivity contribution in [2.24, 2.45) is 0 Å². The van der Waals surface area contributed by atoms with E-state index in [2.05, 4.69) is 12.1 Å². The number of hydrogen-bond acceptors (Lipinski definition) is 6. The van der Waals surface area contributed by atoms with Gasteiger partial charge in [0, 0.05) is 0 Å². The van der Waals surface area contributed by atoms with Crippen LogP contribution in [0.3, 0.4) is 0 Å². The van der Waals surface area contributed by atoms with E-state index >= 15 is 0 Å². The van der Waals surface area contributed by atoms with Gasteiger partial charge in [0.1, 0.15) is 9.79 Å². The van der Waals surface area contributed by atoms with Gasteiger partial charge in [0.15, 0.2) is 11.5 Å². The molecule has 0 saturated carbocycles. The lowest BCUT2D eigenvalue weighted by molar-refractivity contribution is 0.449. The van der Waals surface area contributed by atoms with E-state index in [-0.39, 0.29) is 21.3 Å². The Labute approximate surface area is 212 Å². The normalized spacial score (nSPS) is 11.7. The maximum Gasteiger partial charge on any atom is 0.339 e. The molecule has 0 aliphatic rings. The van der Waals surface area contributed by atoms with Crippen LogP contribution in [0.5, 0.6) is 11.5 Å². The molecule has 8 heteroatoms. The second kappa shape index (κ2) is 11.0. The molecule has 0 aliphatic heterocycles. The Bertz CT molecular complexity index is 1510. The quantitative estimate of drug-likeness (QED) is 0.248. The van der Waals surface area contributed by atoms with E-state index in [0.29, 0.717) is 5.56 Å². The predicted molar refractivity (Wildman–Crippen MR) is 138 cm³/mol. The Balaban J connectivity index is 1.48. The second-order valence-electron chi connectivity index (χ2n) is 8.32. The third kappa shape index (κ3) is 6.53. The zero-order chi connectivity index (χ0) is 25.6. The van der Waals surface area contributed by atoms with E-state index in [1.807, 2.05) is 18.2 Å². The highest BCUT2D eigenvalue weighted by Gasteiger charge is 2.23. The molecule has 0 amide bonds. The molecule has 4 aromatic carbocycles.